The normalized spacial score (nSPS) is 11.8. The molecule has 0 unspecified atom stereocenters. The minimum absolute atomic E-state index is 0.133. The molecule has 1 aromatic rings. The smallest absolute Gasteiger partial charge is 0.255 e. The summed E-state index contributed by atoms with van der Waals surface area (Å²) in [5.74, 6) is 0.904. The third kappa shape index (κ3) is 3.39. The lowest BCUT2D eigenvalue weighted by molar-refractivity contribution is 0.0934. The molecule has 4 heteroatoms. The molecule has 0 aromatic heterocycles. The fourth-order valence-corrected chi connectivity index (χ4v) is 1.87. The highest BCUT2D eigenvalue weighted by atomic mass is 16.5. The summed E-state index contributed by atoms with van der Waals surface area (Å²) in [5, 5.41) is 2.95. The number of carbonyl (C=O) groups excluding carboxylic acids is 1. The van der Waals surface area contributed by atoms with E-state index in [0.29, 0.717) is 17.1 Å². The van der Waals surface area contributed by atoms with Crippen molar-refractivity contribution in [1.82, 2.24) is 5.32 Å². The molecule has 1 aromatic carbocycles. The predicted molar refractivity (Wildman–Crippen MR) is 71.4 cm³/mol. The van der Waals surface area contributed by atoms with Crippen LogP contribution in [0.5, 0.6) is 11.5 Å². The topological polar surface area (TPSA) is 47.6 Å². The van der Waals surface area contributed by atoms with Gasteiger partial charge in [-0.2, -0.15) is 0 Å². The second kappa shape index (κ2) is 6.89. The quantitative estimate of drug-likeness (QED) is 0.845. The van der Waals surface area contributed by atoms with Crippen LogP contribution in [-0.4, -0.2) is 26.2 Å². The molecule has 0 saturated heterocycles. The van der Waals surface area contributed by atoms with Gasteiger partial charge < -0.3 is 14.8 Å². The number of para-hydroxylation sites is 1. The standard InChI is InChI=1S/C14H21NO3/c1-5-7-10(2)15-14(16)11-8-6-9-12(17-3)13(11)18-4/h6,8-10H,5,7H2,1-4H3,(H,15,16)/t10-/m1/s1. The summed E-state index contributed by atoms with van der Waals surface area (Å²) in [6, 6.07) is 5.43. The van der Waals surface area contributed by atoms with Crippen molar-refractivity contribution in [2.45, 2.75) is 32.7 Å². The minimum atomic E-state index is -0.133. The molecule has 1 atom stereocenters. The van der Waals surface area contributed by atoms with E-state index in [2.05, 4.69) is 12.2 Å². The van der Waals surface area contributed by atoms with Crippen molar-refractivity contribution in [3.8, 4) is 11.5 Å². The maximum absolute atomic E-state index is 12.1. The molecule has 0 aliphatic rings. The summed E-state index contributed by atoms with van der Waals surface area (Å²) in [5.41, 5.74) is 0.500. The molecule has 1 N–H and O–H groups in total. The van der Waals surface area contributed by atoms with E-state index in [1.165, 1.54) is 7.11 Å². The summed E-state index contributed by atoms with van der Waals surface area (Å²) in [6.45, 7) is 4.09. The van der Waals surface area contributed by atoms with Crippen LogP contribution >= 0.6 is 0 Å². The van der Waals surface area contributed by atoms with Gasteiger partial charge in [0, 0.05) is 6.04 Å². The van der Waals surface area contributed by atoms with E-state index in [1.807, 2.05) is 6.92 Å². The highest BCUT2D eigenvalue weighted by molar-refractivity contribution is 5.97. The van der Waals surface area contributed by atoms with Gasteiger partial charge in [0.05, 0.1) is 19.8 Å². The van der Waals surface area contributed by atoms with Gasteiger partial charge in [-0.25, -0.2) is 0 Å². The van der Waals surface area contributed by atoms with Crippen molar-refractivity contribution in [2.24, 2.45) is 0 Å². The third-order valence-corrected chi connectivity index (χ3v) is 2.75. The zero-order valence-corrected chi connectivity index (χ0v) is 11.4. The first kappa shape index (κ1) is 14.4. The molecule has 0 spiro atoms. The molecule has 0 aliphatic carbocycles. The van der Waals surface area contributed by atoms with Crippen molar-refractivity contribution in [1.29, 1.82) is 0 Å². The Balaban J connectivity index is 2.91. The number of methoxy groups -OCH3 is 2. The number of benzene rings is 1. The van der Waals surface area contributed by atoms with Crippen LogP contribution in [0, 0.1) is 0 Å². The van der Waals surface area contributed by atoms with Crippen molar-refractivity contribution in [3.63, 3.8) is 0 Å². The SMILES string of the molecule is CCC[C@@H](C)NC(=O)c1cccc(OC)c1OC. The Bertz CT molecular complexity index is 404. The van der Waals surface area contributed by atoms with Gasteiger partial charge in [-0.3, -0.25) is 4.79 Å². The number of hydrogen-bond acceptors (Lipinski definition) is 3. The van der Waals surface area contributed by atoms with Gasteiger partial charge in [-0.1, -0.05) is 19.4 Å². The van der Waals surface area contributed by atoms with Gasteiger partial charge in [0.2, 0.25) is 0 Å². The van der Waals surface area contributed by atoms with Gasteiger partial charge >= 0.3 is 0 Å². The Morgan fingerprint density at radius 3 is 2.61 bits per heavy atom. The van der Waals surface area contributed by atoms with Crippen LogP contribution in [0.4, 0.5) is 0 Å². The zero-order chi connectivity index (χ0) is 13.5. The van der Waals surface area contributed by atoms with Crippen molar-refractivity contribution in [3.05, 3.63) is 23.8 Å². The molecular weight excluding hydrogens is 230 g/mol. The fraction of sp³-hybridized carbons (Fsp3) is 0.500. The summed E-state index contributed by atoms with van der Waals surface area (Å²) in [6.07, 6.45) is 1.99. The van der Waals surface area contributed by atoms with Crippen LogP contribution in [0.1, 0.15) is 37.0 Å². The summed E-state index contributed by atoms with van der Waals surface area (Å²) < 4.78 is 10.4. The van der Waals surface area contributed by atoms with Gasteiger partial charge in [0.15, 0.2) is 11.5 Å². The molecule has 0 aliphatic heterocycles. The maximum Gasteiger partial charge on any atom is 0.255 e. The molecule has 0 bridgehead atoms. The predicted octanol–water partition coefficient (Wildman–Crippen LogP) is 2.62. The summed E-state index contributed by atoms with van der Waals surface area (Å²) in [4.78, 5) is 12.1. The lowest BCUT2D eigenvalue weighted by Gasteiger charge is -2.15. The molecule has 1 rings (SSSR count). The van der Waals surface area contributed by atoms with E-state index in [9.17, 15) is 4.79 Å². The summed E-state index contributed by atoms with van der Waals surface area (Å²) in [7, 11) is 3.09. The Kier molecular flexibility index (Phi) is 5.49. The van der Waals surface area contributed by atoms with Crippen molar-refractivity contribution < 1.29 is 14.3 Å². The maximum atomic E-state index is 12.1. The van der Waals surface area contributed by atoms with Gasteiger partial charge in [0.1, 0.15) is 0 Å². The monoisotopic (exact) mass is 251 g/mol. The van der Waals surface area contributed by atoms with E-state index in [4.69, 9.17) is 9.47 Å². The average Bonchev–Trinajstić information content (AvgIpc) is 2.37. The molecule has 0 radical (unpaired) electrons. The minimum Gasteiger partial charge on any atom is -0.493 e. The highest BCUT2D eigenvalue weighted by Crippen LogP contribution is 2.30. The third-order valence-electron chi connectivity index (χ3n) is 2.75. The first-order chi connectivity index (χ1) is 8.63. The molecule has 0 heterocycles. The molecule has 0 fully saturated rings. The summed E-state index contributed by atoms with van der Waals surface area (Å²) >= 11 is 0. The fourth-order valence-electron chi connectivity index (χ4n) is 1.87. The number of amides is 1. The number of ether oxygens (including phenoxy) is 2. The lowest BCUT2D eigenvalue weighted by atomic mass is 10.1. The van der Waals surface area contributed by atoms with Crippen molar-refractivity contribution >= 4 is 5.91 Å². The van der Waals surface area contributed by atoms with Crippen LogP contribution in [0.25, 0.3) is 0 Å². The Hall–Kier alpha value is -1.71. The second-order valence-electron chi connectivity index (χ2n) is 4.20. The van der Waals surface area contributed by atoms with E-state index in [1.54, 1.807) is 25.3 Å². The Labute approximate surface area is 108 Å². The van der Waals surface area contributed by atoms with Gasteiger partial charge in [-0.05, 0) is 25.5 Å². The number of carbonyl (C=O) groups is 1. The van der Waals surface area contributed by atoms with E-state index in [0.717, 1.165) is 12.8 Å². The largest absolute Gasteiger partial charge is 0.493 e. The second-order valence-corrected chi connectivity index (χ2v) is 4.20. The van der Waals surface area contributed by atoms with Crippen LogP contribution in [0.3, 0.4) is 0 Å². The number of hydrogen-bond donors (Lipinski definition) is 1. The van der Waals surface area contributed by atoms with Gasteiger partial charge in [-0.15, -0.1) is 0 Å². The van der Waals surface area contributed by atoms with E-state index in [-0.39, 0.29) is 11.9 Å². The molecule has 100 valence electrons. The number of nitrogens with one attached hydrogen (secondary N) is 1. The number of rotatable bonds is 6. The lowest BCUT2D eigenvalue weighted by Crippen LogP contribution is -2.32. The molecule has 0 saturated carbocycles. The zero-order valence-electron chi connectivity index (χ0n) is 11.4. The average molecular weight is 251 g/mol. The van der Waals surface area contributed by atoms with Gasteiger partial charge in [0.25, 0.3) is 5.91 Å². The Morgan fingerprint density at radius 1 is 1.33 bits per heavy atom. The van der Waals surface area contributed by atoms with Crippen LogP contribution in [-0.2, 0) is 0 Å². The van der Waals surface area contributed by atoms with Crippen molar-refractivity contribution in [2.75, 3.05) is 14.2 Å². The Morgan fingerprint density at radius 2 is 2.06 bits per heavy atom. The first-order valence-electron chi connectivity index (χ1n) is 6.15. The molecule has 1 amide bonds. The highest BCUT2D eigenvalue weighted by Gasteiger charge is 2.17. The molecule has 18 heavy (non-hydrogen) atoms. The van der Waals surface area contributed by atoms with Crippen LogP contribution in [0.2, 0.25) is 0 Å². The molecular formula is C14H21NO3. The molecule has 4 nitrogen and oxygen atoms in total. The van der Waals surface area contributed by atoms with E-state index < -0.39 is 0 Å². The van der Waals surface area contributed by atoms with E-state index >= 15 is 0 Å². The first-order valence-corrected chi connectivity index (χ1v) is 6.15. The van der Waals surface area contributed by atoms with Crippen LogP contribution in [0.15, 0.2) is 18.2 Å². The van der Waals surface area contributed by atoms with Crippen LogP contribution < -0.4 is 14.8 Å².